The van der Waals surface area contributed by atoms with Gasteiger partial charge < -0.3 is 20.9 Å². The summed E-state index contributed by atoms with van der Waals surface area (Å²) in [5, 5.41) is 11.8. The van der Waals surface area contributed by atoms with E-state index >= 15 is 0 Å². The molecule has 16 heavy (non-hydrogen) atoms. The van der Waals surface area contributed by atoms with Gasteiger partial charge in [0.1, 0.15) is 11.5 Å². The first kappa shape index (κ1) is 12.3. The van der Waals surface area contributed by atoms with Crippen LogP contribution in [0.25, 0.3) is 0 Å². The molecule has 0 aliphatic carbocycles. The smallest absolute Gasteiger partial charge is 0.413 e. The Morgan fingerprint density at radius 3 is 2.81 bits per heavy atom. The summed E-state index contributed by atoms with van der Waals surface area (Å²) in [6.07, 6.45) is -0.596. The number of aromatic hydroxyl groups is 1. The van der Waals surface area contributed by atoms with E-state index in [2.05, 4.69) is 5.32 Å². The summed E-state index contributed by atoms with van der Waals surface area (Å²) in [6.45, 7) is 3.88. The van der Waals surface area contributed by atoms with E-state index in [0.717, 1.165) is 0 Å². The van der Waals surface area contributed by atoms with Crippen LogP contribution in [-0.4, -0.2) is 23.3 Å². The second kappa shape index (κ2) is 4.85. The largest absolute Gasteiger partial charge is 0.508 e. The highest BCUT2D eigenvalue weighted by molar-refractivity contribution is 5.71. The standard InChI is InChI=1S/C11H16N2O3/c1-11(2,7-12)13-10(15)16-9-5-3-4-8(14)6-9/h3-6,14H,7,12H2,1-2H3,(H,13,15). The molecule has 0 aromatic heterocycles. The Kier molecular flexibility index (Phi) is 3.73. The Labute approximate surface area is 94.2 Å². The second-order valence-electron chi connectivity index (χ2n) is 4.10. The lowest BCUT2D eigenvalue weighted by Crippen LogP contribution is -2.49. The summed E-state index contributed by atoms with van der Waals surface area (Å²) in [6, 6.07) is 6.02. The van der Waals surface area contributed by atoms with Crippen LogP contribution in [0.5, 0.6) is 11.5 Å². The lowest BCUT2D eigenvalue weighted by Gasteiger charge is -2.23. The lowest BCUT2D eigenvalue weighted by atomic mass is 10.1. The minimum atomic E-state index is -0.596. The van der Waals surface area contributed by atoms with Crippen molar-refractivity contribution in [1.82, 2.24) is 5.32 Å². The van der Waals surface area contributed by atoms with Gasteiger partial charge in [-0.1, -0.05) is 6.07 Å². The third-order valence-electron chi connectivity index (χ3n) is 1.98. The fraction of sp³-hybridized carbons (Fsp3) is 0.364. The van der Waals surface area contributed by atoms with Crippen LogP contribution < -0.4 is 15.8 Å². The topological polar surface area (TPSA) is 84.6 Å². The average molecular weight is 224 g/mol. The SMILES string of the molecule is CC(C)(CN)NC(=O)Oc1cccc(O)c1. The van der Waals surface area contributed by atoms with Gasteiger partial charge in [0.05, 0.1) is 0 Å². The van der Waals surface area contributed by atoms with Crippen LogP contribution >= 0.6 is 0 Å². The van der Waals surface area contributed by atoms with Crippen molar-refractivity contribution < 1.29 is 14.6 Å². The van der Waals surface area contributed by atoms with Gasteiger partial charge in [0.15, 0.2) is 0 Å². The molecule has 0 spiro atoms. The summed E-state index contributed by atoms with van der Waals surface area (Å²) in [5.41, 5.74) is 4.94. The molecular weight excluding hydrogens is 208 g/mol. The zero-order valence-electron chi connectivity index (χ0n) is 9.36. The number of carbonyl (C=O) groups excluding carboxylic acids is 1. The number of benzene rings is 1. The van der Waals surface area contributed by atoms with E-state index in [0.29, 0.717) is 6.54 Å². The Morgan fingerprint density at radius 2 is 2.25 bits per heavy atom. The highest BCUT2D eigenvalue weighted by Crippen LogP contribution is 2.17. The maximum atomic E-state index is 11.4. The van der Waals surface area contributed by atoms with Gasteiger partial charge in [-0.3, -0.25) is 0 Å². The predicted octanol–water partition coefficient (Wildman–Crippen LogP) is 1.22. The van der Waals surface area contributed by atoms with Crippen molar-refractivity contribution in [3.05, 3.63) is 24.3 Å². The fourth-order valence-electron chi connectivity index (χ4n) is 1.01. The van der Waals surface area contributed by atoms with E-state index in [1.807, 2.05) is 0 Å². The highest BCUT2D eigenvalue weighted by atomic mass is 16.6. The molecule has 0 atom stereocenters. The minimum Gasteiger partial charge on any atom is -0.508 e. The van der Waals surface area contributed by atoms with Crippen LogP contribution in [0.2, 0.25) is 0 Å². The first-order valence-corrected chi connectivity index (χ1v) is 4.92. The molecule has 0 saturated carbocycles. The van der Waals surface area contributed by atoms with Crippen molar-refractivity contribution in [3.8, 4) is 11.5 Å². The van der Waals surface area contributed by atoms with Gasteiger partial charge in [-0.05, 0) is 26.0 Å². The molecule has 0 fully saturated rings. The molecule has 5 nitrogen and oxygen atoms in total. The molecule has 88 valence electrons. The van der Waals surface area contributed by atoms with Crippen LogP contribution in [0.4, 0.5) is 4.79 Å². The van der Waals surface area contributed by atoms with Crippen molar-refractivity contribution in [1.29, 1.82) is 0 Å². The Balaban J connectivity index is 2.59. The third-order valence-corrected chi connectivity index (χ3v) is 1.98. The number of nitrogens with two attached hydrogens (primary N) is 1. The van der Waals surface area contributed by atoms with Gasteiger partial charge >= 0.3 is 6.09 Å². The maximum absolute atomic E-state index is 11.4. The molecule has 0 aliphatic heterocycles. The molecule has 0 saturated heterocycles. The first-order valence-electron chi connectivity index (χ1n) is 4.92. The zero-order chi connectivity index (χ0) is 12.2. The molecule has 1 rings (SSSR count). The minimum absolute atomic E-state index is 0.0448. The number of phenolic OH excluding ortho intramolecular Hbond substituents is 1. The van der Waals surface area contributed by atoms with Gasteiger partial charge in [0, 0.05) is 18.2 Å². The molecule has 1 aromatic carbocycles. The van der Waals surface area contributed by atoms with E-state index in [9.17, 15) is 9.90 Å². The average Bonchev–Trinajstić information content (AvgIpc) is 2.16. The summed E-state index contributed by atoms with van der Waals surface area (Å²) >= 11 is 0. The highest BCUT2D eigenvalue weighted by Gasteiger charge is 2.19. The molecule has 0 bridgehead atoms. The van der Waals surface area contributed by atoms with Gasteiger partial charge in [-0.25, -0.2) is 4.79 Å². The van der Waals surface area contributed by atoms with Gasteiger partial charge in [0.25, 0.3) is 0 Å². The summed E-state index contributed by atoms with van der Waals surface area (Å²) in [4.78, 5) is 11.4. The number of amides is 1. The van der Waals surface area contributed by atoms with Crippen molar-refractivity contribution in [3.63, 3.8) is 0 Å². The number of ether oxygens (including phenoxy) is 1. The predicted molar refractivity (Wildman–Crippen MR) is 60.4 cm³/mol. The van der Waals surface area contributed by atoms with Crippen molar-refractivity contribution >= 4 is 6.09 Å². The quantitative estimate of drug-likeness (QED) is 0.720. The normalized spacial score (nSPS) is 10.9. The van der Waals surface area contributed by atoms with Crippen molar-refractivity contribution in [2.24, 2.45) is 5.73 Å². The van der Waals surface area contributed by atoms with Gasteiger partial charge in [-0.15, -0.1) is 0 Å². The molecule has 0 heterocycles. The maximum Gasteiger partial charge on any atom is 0.413 e. The molecule has 0 radical (unpaired) electrons. The number of hydrogen-bond donors (Lipinski definition) is 3. The number of phenols is 1. The molecule has 0 unspecified atom stereocenters. The second-order valence-corrected chi connectivity index (χ2v) is 4.10. The molecule has 1 amide bonds. The van der Waals surface area contributed by atoms with E-state index in [1.165, 1.54) is 12.1 Å². The van der Waals surface area contributed by atoms with Gasteiger partial charge in [-0.2, -0.15) is 0 Å². The summed E-state index contributed by atoms with van der Waals surface area (Å²) < 4.78 is 4.97. The Hall–Kier alpha value is -1.75. The van der Waals surface area contributed by atoms with Crippen molar-refractivity contribution in [2.45, 2.75) is 19.4 Å². The number of nitrogens with one attached hydrogen (secondary N) is 1. The van der Waals surface area contributed by atoms with Crippen LogP contribution in [0.15, 0.2) is 24.3 Å². The molecule has 4 N–H and O–H groups in total. The zero-order valence-corrected chi connectivity index (χ0v) is 9.36. The monoisotopic (exact) mass is 224 g/mol. The molecule has 5 heteroatoms. The Morgan fingerprint density at radius 1 is 1.56 bits per heavy atom. The van der Waals surface area contributed by atoms with E-state index in [1.54, 1.807) is 26.0 Å². The number of hydrogen-bond acceptors (Lipinski definition) is 4. The van der Waals surface area contributed by atoms with E-state index in [-0.39, 0.29) is 11.5 Å². The van der Waals surface area contributed by atoms with E-state index < -0.39 is 11.6 Å². The van der Waals surface area contributed by atoms with Crippen LogP contribution in [-0.2, 0) is 0 Å². The molecular formula is C11H16N2O3. The van der Waals surface area contributed by atoms with Crippen LogP contribution in [0.3, 0.4) is 0 Å². The number of carbonyl (C=O) groups is 1. The fourth-order valence-corrected chi connectivity index (χ4v) is 1.01. The Bertz CT molecular complexity index is 377. The van der Waals surface area contributed by atoms with E-state index in [4.69, 9.17) is 10.5 Å². The molecule has 1 aromatic rings. The molecule has 0 aliphatic rings. The first-order chi connectivity index (χ1) is 7.43. The van der Waals surface area contributed by atoms with Crippen LogP contribution in [0, 0.1) is 0 Å². The van der Waals surface area contributed by atoms with Gasteiger partial charge in [0.2, 0.25) is 0 Å². The number of rotatable bonds is 3. The summed E-state index contributed by atoms with van der Waals surface area (Å²) in [5.74, 6) is 0.328. The summed E-state index contributed by atoms with van der Waals surface area (Å²) in [7, 11) is 0. The third kappa shape index (κ3) is 3.78. The van der Waals surface area contributed by atoms with Crippen LogP contribution in [0.1, 0.15) is 13.8 Å². The lowest BCUT2D eigenvalue weighted by molar-refractivity contribution is 0.189. The van der Waals surface area contributed by atoms with Crippen molar-refractivity contribution in [2.75, 3.05) is 6.54 Å².